The van der Waals surface area contributed by atoms with E-state index in [1.54, 1.807) is 0 Å². The third-order valence-electron chi connectivity index (χ3n) is 2.80. The zero-order valence-electron chi connectivity index (χ0n) is 9.31. The number of rotatable bonds is 4. The molecule has 2 rings (SSSR count). The van der Waals surface area contributed by atoms with Gasteiger partial charge in [0.15, 0.2) is 0 Å². The van der Waals surface area contributed by atoms with Crippen LogP contribution >= 0.6 is 23.2 Å². The molecule has 2 nitrogen and oxygen atoms in total. The monoisotopic (exact) mass is 277 g/mol. The second-order valence-corrected chi connectivity index (χ2v) is 4.91. The highest BCUT2D eigenvalue weighted by atomic mass is 35.5. The smallest absolute Gasteiger partial charge is 0.126 e. The van der Waals surface area contributed by atoms with E-state index in [0.717, 1.165) is 32.4 Å². The van der Waals surface area contributed by atoms with Crippen LogP contribution in [0.2, 0.25) is 10.0 Å². The van der Waals surface area contributed by atoms with E-state index < -0.39 is 5.82 Å². The van der Waals surface area contributed by atoms with Crippen LogP contribution in [0.25, 0.3) is 0 Å². The van der Waals surface area contributed by atoms with Crippen LogP contribution in [0.1, 0.15) is 19.3 Å². The first-order chi connectivity index (χ1) is 8.16. The van der Waals surface area contributed by atoms with Gasteiger partial charge >= 0.3 is 0 Å². The molecule has 0 aromatic heterocycles. The SMILES string of the molecule is Fc1cc(Cl)c(NCCC2CCCO2)c(Cl)c1. The molecule has 1 saturated heterocycles. The van der Waals surface area contributed by atoms with E-state index >= 15 is 0 Å². The highest BCUT2D eigenvalue weighted by Crippen LogP contribution is 2.31. The van der Waals surface area contributed by atoms with Crippen molar-refractivity contribution < 1.29 is 9.13 Å². The Hall–Kier alpha value is -0.510. The Bertz CT molecular complexity index is 371. The number of ether oxygens (including phenoxy) is 1. The molecular formula is C12H14Cl2FNO. The molecule has 1 aromatic rings. The predicted octanol–water partition coefficient (Wildman–Crippen LogP) is 4.11. The minimum Gasteiger partial charge on any atom is -0.383 e. The summed E-state index contributed by atoms with van der Waals surface area (Å²) in [5, 5.41) is 3.74. The molecular weight excluding hydrogens is 264 g/mol. The maximum Gasteiger partial charge on any atom is 0.126 e. The summed E-state index contributed by atoms with van der Waals surface area (Å²) in [4.78, 5) is 0. The zero-order chi connectivity index (χ0) is 12.3. The second-order valence-electron chi connectivity index (χ2n) is 4.09. The molecule has 0 amide bonds. The summed E-state index contributed by atoms with van der Waals surface area (Å²) in [6, 6.07) is 2.50. The van der Waals surface area contributed by atoms with Crippen LogP contribution < -0.4 is 5.32 Å². The first-order valence-corrected chi connectivity index (χ1v) is 6.42. The summed E-state index contributed by atoms with van der Waals surface area (Å²) >= 11 is 11.8. The molecule has 0 bridgehead atoms. The molecule has 1 unspecified atom stereocenters. The van der Waals surface area contributed by atoms with Crippen molar-refractivity contribution in [2.24, 2.45) is 0 Å². The molecule has 1 aromatic carbocycles. The fourth-order valence-electron chi connectivity index (χ4n) is 1.94. The molecule has 0 radical (unpaired) electrons. The quantitative estimate of drug-likeness (QED) is 0.894. The summed E-state index contributed by atoms with van der Waals surface area (Å²) in [5.74, 6) is -0.426. The number of anilines is 1. The molecule has 17 heavy (non-hydrogen) atoms. The molecule has 1 atom stereocenters. The van der Waals surface area contributed by atoms with E-state index in [0.29, 0.717) is 21.8 Å². The summed E-state index contributed by atoms with van der Waals surface area (Å²) in [6.45, 7) is 1.57. The Morgan fingerprint density at radius 3 is 2.65 bits per heavy atom. The average Bonchev–Trinajstić information content (AvgIpc) is 2.74. The van der Waals surface area contributed by atoms with Crippen molar-refractivity contribution in [3.05, 3.63) is 28.0 Å². The second kappa shape index (κ2) is 5.89. The Kier molecular flexibility index (Phi) is 4.48. The van der Waals surface area contributed by atoms with Crippen LogP contribution in [0.5, 0.6) is 0 Å². The van der Waals surface area contributed by atoms with Crippen molar-refractivity contribution in [1.29, 1.82) is 0 Å². The van der Waals surface area contributed by atoms with Gasteiger partial charge in [-0.3, -0.25) is 0 Å². The van der Waals surface area contributed by atoms with Gasteiger partial charge in [-0.05, 0) is 31.4 Å². The van der Waals surface area contributed by atoms with E-state index in [9.17, 15) is 4.39 Å². The summed E-state index contributed by atoms with van der Waals surface area (Å²) in [5.41, 5.74) is 0.590. The fraction of sp³-hybridized carbons (Fsp3) is 0.500. The van der Waals surface area contributed by atoms with Crippen molar-refractivity contribution >= 4 is 28.9 Å². The summed E-state index contributed by atoms with van der Waals surface area (Å²) in [7, 11) is 0. The van der Waals surface area contributed by atoms with Crippen molar-refractivity contribution in [3.8, 4) is 0 Å². The topological polar surface area (TPSA) is 21.3 Å². The first-order valence-electron chi connectivity index (χ1n) is 5.67. The van der Waals surface area contributed by atoms with E-state index in [2.05, 4.69) is 5.32 Å². The van der Waals surface area contributed by atoms with Gasteiger partial charge in [0, 0.05) is 13.2 Å². The number of hydrogen-bond donors (Lipinski definition) is 1. The number of hydrogen-bond acceptors (Lipinski definition) is 2. The lowest BCUT2D eigenvalue weighted by Gasteiger charge is -2.13. The van der Waals surface area contributed by atoms with Crippen LogP contribution in [0.4, 0.5) is 10.1 Å². The number of benzene rings is 1. The Morgan fingerprint density at radius 1 is 1.35 bits per heavy atom. The standard InChI is InChI=1S/C12H14Cl2FNO/c13-10-6-8(15)7-11(14)12(10)16-4-3-9-2-1-5-17-9/h6-7,9,16H,1-5H2. The fourth-order valence-corrected chi connectivity index (χ4v) is 2.54. The molecule has 1 N–H and O–H groups in total. The summed E-state index contributed by atoms with van der Waals surface area (Å²) in [6.07, 6.45) is 3.46. The molecule has 1 heterocycles. The maximum absolute atomic E-state index is 13.0. The average molecular weight is 278 g/mol. The highest BCUT2D eigenvalue weighted by molar-refractivity contribution is 6.39. The Labute approximate surface area is 110 Å². The predicted molar refractivity (Wildman–Crippen MR) is 68.5 cm³/mol. The van der Waals surface area contributed by atoms with E-state index in [1.807, 2.05) is 0 Å². The minimum atomic E-state index is -0.426. The lowest BCUT2D eigenvalue weighted by Crippen LogP contribution is -2.12. The molecule has 94 valence electrons. The van der Waals surface area contributed by atoms with E-state index in [4.69, 9.17) is 27.9 Å². The van der Waals surface area contributed by atoms with Gasteiger partial charge in [0.1, 0.15) is 5.82 Å². The minimum absolute atomic E-state index is 0.308. The molecule has 0 saturated carbocycles. The molecule has 1 aliphatic rings. The zero-order valence-corrected chi connectivity index (χ0v) is 10.8. The van der Waals surface area contributed by atoms with Crippen molar-refractivity contribution in [1.82, 2.24) is 0 Å². The van der Waals surface area contributed by atoms with Gasteiger partial charge in [-0.1, -0.05) is 23.2 Å². The third-order valence-corrected chi connectivity index (χ3v) is 3.40. The van der Waals surface area contributed by atoms with Crippen LogP contribution in [0, 0.1) is 5.82 Å². The van der Waals surface area contributed by atoms with Crippen LogP contribution in [0.15, 0.2) is 12.1 Å². The van der Waals surface area contributed by atoms with Gasteiger partial charge in [0.25, 0.3) is 0 Å². The molecule has 1 aliphatic heterocycles. The molecule has 1 fully saturated rings. The lowest BCUT2D eigenvalue weighted by atomic mass is 10.2. The van der Waals surface area contributed by atoms with Crippen molar-refractivity contribution in [3.63, 3.8) is 0 Å². The largest absolute Gasteiger partial charge is 0.383 e. The van der Waals surface area contributed by atoms with E-state index in [1.165, 1.54) is 12.1 Å². The van der Waals surface area contributed by atoms with Crippen molar-refractivity contribution in [2.75, 3.05) is 18.5 Å². The molecule has 0 spiro atoms. The van der Waals surface area contributed by atoms with Gasteiger partial charge in [-0.2, -0.15) is 0 Å². The maximum atomic E-state index is 13.0. The van der Waals surface area contributed by atoms with Crippen LogP contribution in [0.3, 0.4) is 0 Å². The van der Waals surface area contributed by atoms with Crippen molar-refractivity contribution in [2.45, 2.75) is 25.4 Å². The van der Waals surface area contributed by atoms with Crippen LogP contribution in [-0.4, -0.2) is 19.3 Å². The van der Waals surface area contributed by atoms with Gasteiger partial charge in [0.2, 0.25) is 0 Å². The Balaban J connectivity index is 1.89. The van der Waals surface area contributed by atoms with E-state index in [-0.39, 0.29) is 0 Å². The van der Waals surface area contributed by atoms with Crippen LogP contribution in [-0.2, 0) is 4.74 Å². The normalized spacial score (nSPS) is 19.6. The summed E-state index contributed by atoms with van der Waals surface area (Å²) < 4.78 is 18.5. The Morgan fingerprint density at radius 2 is 2.06 bits per heavy atom. The molecule has 0 aliphatic carbocycles. The lowest BCUT2D eigenvalue weighted by molar-refractivity contribution is 0.107. The highest BCUT2D eigenvalue weighted by Gasteiger charge is 2.15. The first kappa shape index (κ1) is 12.9. The van der Waals surface area contributed by atoms with Gasteiger partial charge in [-0.25, -0.2) is 4.39 Å². The molecule has 5 heteroatoms. The van der Waals surface area contributed by atoms with Gasteiger partial charge in [0.05, 0.1) is 21.8 Å². The van der Waals surface area contributed by atoms with Gasteiger partial charge < -0.3 is 10.1 Å². The number of nitrogens with one attached hydrogen (secondary N) is 1. The number of halogens is 3. The third kappa shape index (κ3) is 3.47. The van der Waals surface area contributed by atoms with Gasteiger partial charge in [-0.15, -0.1) is 0 Å².